The summed E-state index contributed by atoms with van der Waals surface area (Å²) in [6, 6.07) is 60.8. The monoisotopic (exact) mass is 1050 g/mol. The number of nitrogens with zero attached hydrogens (tertiary/aromatic N) is 3. The van der Waals surface area contributed by atoms with Crippen LogP contribution < -0.4 is 10.6 Å². The van der Waals surface area contributed by atoms with Gasteiger partial charge in [0.25, 0.3) is 0 Å². The average Bonchev–Trinajstić information content (AvgIpc) is 4.11. The molecule has 0 radical (unpaired) electrons. The van der Waals surface area contributed by atoms with E-state index in [1.165, 1.54) is 67.2 Å². The summed E-state index contributed by atoms with van der Waals surface area (Å²) in [4.78, 5) is 37.6. The van der Waals surface area contributed by atoms with Gasteiger partial charge in [0.1, 0.15) is 0 Å². The molecule has 0 fully saturated rings. The number of anilines is 2. The second kappa shape index (κ2) is 17.6. The molecule has 2 amide bonds. The molecule has 2 atom stereocenters. The lowest BCUT2D eigenvalue weighted by Crippen LogP contribution is -2.47. The summed E-state index contributed by atoms with van der Waals surface area (Å²) in [6.45, 7) is 4.23. The Kier molecular flexibility index (Phi) is 10.9. The number of rotatable bonds is 6. The Hall–Kier alpha value is -7.55. The molecule has 6 aliphatic rings. The van der Waals surface area contributed by atoms with Crippen molar-refractivity contribution in [3.05, 3.63) is 235 Å². The highest BCUT2D eigenvalue weighted by Gasteiger charge is 2.55. The van der Waals surface area contributed by atoms with Crippen LogP contribution in [0.3, 0.4) is 0 Å². The van der Waals surface area contributed by atoms with Crippen LogP contribution >= 0.6 is 38.6 Å². The Morgan fingerprint density at radius 1 is 0.507 bits per heavy atom. The molecule has 0 saturated carbocycles. The second-order valence-corrected chi connectivity index (χ2v) is 22.7. The lowest BCUT2D eigenvalue weighted by Gasteiger charge is -2.50. The van der Waals surface area contributed by atoms with Crippen molar-refractivity contribution in [2.24, 2.45) is 10.8 Å². The Morgan fingerprint density at radius 2 is 0.863 bits per heavy atom. The van der Waals surface area contributed by atoms with E-state index >= 15 is 0 Å². The molecule has 2 aromatic heterocycles. The first-order valence-electron chi connectivity index (χ1n) is 24.6. The quantitative estimate of drug-likeness (QED) is 0.172. The zero-order valence-corrected chi connectivity index (χ0v) is 43.1. The van der Waals surface area contributed by atoms with E-state index < -0.39 is 10.8 Å². The highest BCUT2D eigenvalue weighted by molar-refractivity contribution is 9.10. The van der Waals surface area contributed by atoms with Gasteiger partial charge in [-0.3, -0.25) is 9.59 Å². The van der Waals surface area contributed by atoms with Gasteiger partial charge in [0.2, 0.25) is 11.8 Å². The van der Waals surface area contributed by atoms with Gasteiger partial charge in [0.05, 0.1) is 33.9 Å². The predicted octanol–water partition coefficient (Wildman–Crippen LogP) is 15.8. The standard InChI is InChI=1S/C32H23N3OS.C31H23BrN2OS/c1-32(16-27-22-10-4-6-12-25(22)29(32)26-13-7-5-11-23(26)27)30(36)35-31-34-28(18-37-31)24-15-14-19(17-33)20-8-2-3-9-21(20)24;1-31(16-25-19-9-3-6-12-23(19)28(31)24-13-7-4-10-20(24)25)29(35)34-30-33-27(17-36-30)22-14-15-26(32)21-11-5-2-8-18(21)22/h2-15,18,27,29H,16H2,1H3,(H,34,35,36);2-15,17,25,28H,16H2,1H3,(H,33,34,35). The molecule has 6 aliphatic carbocycles. The lowest BCUT2D eigenvalue weighted by atomic mass is 9.52. The number of aromatic nitrogens is 2. The minimum absolute atomic E-state index is 0.00630. The molecule has 10 aromatic rings. The van der Waals surface area contributed by atoms with E-state index in [1.807, 2.05) is 59.3 Å². The van der Waals surface area contributed by atoms with E-state index in [0.29, 0.717) is 15.8 Å². The fraction of sp³-hybridized carbons (Fsp3) is 0.159. The molecule has 73 heavy (non-hydrogen) atoms. The summed E-state index contributed by atoms with van der Waals surface area (Å²) in [7, 11) is 0. The zero-order chi connectivity index (χ0) is 49.6. The lowest BCUT2D eigenvalue weighted by molar-refractivity contribution is -0.127. The maximum Gasteiger partial charge on any atom is 0.233 e. The summed E-state index contributed by atoms with van der Waals surface area (Å²) < 4.78 is 1.06. The molecule has 2 heterocycles. The van der Waals surface area contributed by atoms with E-state index in [9.17, 15) is 14.9 Å². The molecule has 8 aromatic carbocycles. The van der Waals surface area contributed by atoms with Gasteiger partial charge in [-0.05, 0) is 99.5 Å². The minimum atomic E-state index is -0.583. The summed E-state index contributed by atoms with van der Waals surface area (Å²) in [6.07, 6.45) is 1.57. The van der Waals surface area contributed by atoms with Crippen molar-refractivity contribution in [1.82, 2.24) is 9.97 Å². The maximum absolute atomic E-state index is 14.0. The molecular weight excluding hydrogens is 1000 g/mol. The highest BCUT2D eigenvalue weighted by Crippen LogP contribution is 2.63. The Balaban J connectivity index is 0.000000141. The van der Waals surface area contributed by atoms with E-state index in [-0.39, 0.29) is 35.5 Å². The van der Waals surface area contributed by atoms with Gasteiger partial charge in [-0.1, -0.05) is 174 Å². The molecule has 4 bridgehead atoms. The van der Waals surface area contributed by atoms with E-state index in [1.54, 1.807) is 0 Å². The van der Waals surface area contributed by atoms with E-state index in [2.05, 4.69) is 168 Å². The number of hydrogen-bond acceptors (Lipinski definition) is 7. The summed E-state index contributed by atoms with van der Waals surface area (Å²) in [5.41, 5.74) is 13.7. The number of benzene rings is 8. The van der Waals surface area contributed by atoms with Gasteiger partial charge in [-0.2, -0.15) is 5.26 Å². The summed E-state index contributed by atoms with van der Waals surface area (Å²) >= 11 is 6.58. The maximum atomic E-state index is 14.0. The highest BCUT2D eigenvalue weighted by atomic mass is 79.9. The third kappa shape index (κ3) is 7.23. The van der Waals surface area contributed by atoms with Gasteiger partial charge in [0, 0.05) is 55.4 Å². The van der Waals surface area contributed by atoms with E-state index in [4.69, 9.17) is 9.97 Å². The number of nitriles is 1. The van der Waals surface area contributed by atoms with Gasteiger partial charge in [0.15, 0.2) is 10.3 Å². The predicted molar refractivity (Wildman–Crippen MR) is 298 cm³/mol. The van der Waals surface area contributed by atoms with Gasteiger partial charge in [-0.25, -0.2) is 9.97 Å². The first-order chi connectivity index (χ1) is 35.6. The van der Waals surface area contributed by atoms with Crippen LogP contribution in [0.4, 0.5) is 10.3 Å². The number of fused-ring (bicyclic) bond motifs is 4. The van der Waals surface area contributed by atoms with Crippen LogP contribution in [0.1, 0.15) is 100 Å². The molecule has 0 spiro atoms. The number of amides is 2. The first kappa shape index (κ1) is 45.3. The van der Waals surface area contributed by atoms with Crippen molar-refractivity contribution >= 4 is 82.2 Å². The zero-order valence-electron chi connectivity index (χ0n) is 39.9. The van der Waals surface area contributed by atoms with Crippen molar-refractivity contribution in [2.75, 3.05) is 10.6 Å². The number of halogens is 1. The van der Waals surface area contributed by atoms with Crippen LogP contribution in [0, 0.1) is 22.2 Å². The first-order valence-corrected chi connectivity index (χ1v) is 27.2. The number of hydrogen-bond donors (Lipinski definition) is 2. The van der Waals surface area contributed by atoms with Crippen LogP contribution in [0.25, 0.3) is 44.1 Å². The minimum Gasteiger partial charge on any atom is -0.301 e. The van der Waals surface area contributed by atoms with Crippen molar-refractivity contribution in [2.45, 2.75) is 50.4 Å². The molecule has 16 rings (SSSR count). The molecule has 354 valence electrons. The van der Waals surface area contributed by atoms with Crippen molar-refractivity contribution in [3.8, 4) is 28.6 Å². The van der Waals surface area contributed by atoms with Crippen LogP contribution in [0.5, 0.6) is 0 Å². The number of thiazole rings is 2. The van der Waals surface area contributed by atoms with Crippen LogP contribution in [-0.2, 0) is 9.59 Å². The van der Waals surface area contributed by atoms with Crippen LogP contribution in [0.2, 0.25) is 0 Å². The van der Waals surface area contributed by atoms with Gasteiger partial charge < -0.3 is 10.6 Å². The van der Waals surface area contributed by atoms with Gasteiger partial charge in [-0.15, -0.1) is 22.7 Å². The van der Waals surface area contributed by atoms with Crippen LogP contribution in [0.15, 0.2) is 185 Å². The average molecular weight is 1050 g/mol. The summed E-state index contributed by atoms with van der Waals surface area (Å²) in [5, 5.41) is 25.3. The SMILES string of the molecule is CC1(C(=O)Nc2nc(-c3ccc(Br)c4ccccc34)cs2)CC2c3ccccc3C1c1ccccc12.CC1(C(=O)Nc2nc(-c3ccc(C#N)c4ccccc34)cs2)CC2c3ccccc3C1c1ccccc12. The topological polar surface area (TPSA) is 108 Å². The number of nitrogens with one attached hydrogen (secondary N) is 2. The largest absolute Gasteiger partial charge is 0.301 e. The fourth-order valence-electron chi connectivity index (χ4n) is 12.9. The Bertz CT molecular complexity index is 3850. The van der Waals surface area contributed by atoms with E-state index in [0.717, 1.165) is 61.4 Å². The molecule has 10 heteroatoms. The van der Waals surface area contributed by atoms with Crippen molar-refractivity contribution in [3.63, 3.8) is 0 Å². The Labute approximate surface area is 439 Å². The molecule has 0 saturated heterocycles. The van der Waals surface area contributed by atoms with Crippen molar-refractivity contribution in [1.29, 1.82) is 5.26 Å². The molecular formula is C63H46BrN5O2S2. The summed E-state index contributed by atoms with van der Waals surface area (Å²) in [5.74, 6) is 0.542. The molecule has 0 aliphatic heterocycles. The molecule has 7 nitrogen and oxygen atoms in total. The Morgan fingerprint density at radius 3 is 1.29 bits per heavy atom. The van der Waals surface area contributed by atoms with Crippen molar-refractivity contribution < 1.29 is 9.59 Å². The number of carbonyl (C=O) groups excluding carboxylic acids is 2. The molecule has 2 unspecified atom stereocenters. The van der Waals surface area contributed by atoms with Gasteiger partial charge >= 0.3 is 0 Å². The third-order valence-corrected chi connectivity index (χ3v) is 18.4. The number of carbonyl (C=O) groups is 2. The third-order valence-electron chi connectivity index (χ3n) is 16.2. The smallest absolute Gasteiger partial charge is 0.233 e. The second-order valence-electron chi connectivity index (χ2n) is 20.2. The van der Waals surface area contributed by atoms with Crippen LogP contribution in [-0.4, -0.2) is 21.8 Å². The molecule has 2 N–H and O–H groups in total. The fourth-order valence-corrected chi connectivity index (χ4v) is 14.8. The normalized spacial score (nSPS) is 21.5.